The van der Waals surface area contributed by atoms with E-state index >= 15 is 0 Å². The third-order valence-corrected chi connectivity index (χ3v) is 4.90. The van der Waals surface area contributed by atoms with Crippen molar-refractivity contribution in [1.29, 1.82) is 0 Å². The van der Waals surface area contributed by atoms with Crippen molar-refractivity contribution in [2.24, 2.45) is 0 Å². The van der Waals surface area contributed by atoms with Gasteiger partial charge in [-0.05, 0) is 25.0 Å². The van der Waals surface area contributed by atoms with Crippen molar-refractivity contribution in [2.45, 2.75) is 18.9 Å². The van der Waals surface area contributed by atoms with Gasteiger partial charge in [-0.3, -0.25) is 0 Å². The number of piperidine rings is 1. The molecule has 6 heteroatoms. The molecule has 2 aromatic heterocycles. The van der Waals surface area contributed by atoms with Gasteiger partial charge in [0, 0.05) is 42.4 Å². The van der Waals surface area contributed by atoms with Crippen LogP contribution in [0.5, 0.6) is 0 Å². The molecule has 0 unspecified atom stereocenters. The molecule has 1 fully saturated rings. The zero-order valence-electron chi connectivity index (χ0n) is 13.3. The molecule has 1 aromatic carbocycles. The third-order valence-electron chi connectivity index (χ3n) is 4.25. The smallest absolute Gasteiger partial charge is 0.203 e. The topological polar surface area (TPSA) is 53.9 Å². The van der Waals surface area contributed by atoms with Gasteiger partial charge in [-0.1, -0.05) is 36.4 Å². The Kier molecular flexibility index (Phi) is 4.38. The van der Waals surface area contributed by atoms with Crippen LogP contribution in [0, 0.1) is 0 Å². The normalized spacial score (nSPS) is 15.4. The Morgan fingerprint density at radius 1 is 1.00 bits per heavy atom. The minimum absolute atomic E-state index is 0.446. The Bertz CT molecular complexity index is 766. The summed E-state index contributed by atoms with van der Waals surface area (Å²) >= 11 is 1.44. The zero-order valence-corrected chi connectivity index (χ0v) is 14.1. The van der Waals surface area contributed by atoms with Crippen molar-refractivity contribution >= 4 is 22.5 Å². The summed E-state index contributed by atoms with van der Waals surface area (Å²) in [4.78, 5) is 11.4. The van der Waals surface area contributed by atoms with E-state index < -0.39 is 0 Å². The van der Waals surface area contributed by atoms with Crippen LogP contribution in [0.2, 0.25) is 0 Å². The number of rotatable bonds is 4. The maximum absolute atomic E-state index is 4.62. The second kappa shape index (κ2) is 6.97. The van der Waals surface area contributed by atoms with E-state index in [1.165, 1.54) is 11.5 Å². The van der Waals surface area contributed by atoms with Crippen LogP contribution >= 0.6 is 11.5 Å². The molecule has 0 spiro atoms. The molecule has 0 saturated carbocycles. The minimum Gasteiger partial charge on any atom is -0.357 e. The number of benzene rings is 1. The molecule has 0 bridgehead atoms. The van der Waals surface area contributed by atoms with E-state index in [0.29, 0.717) is 6.04 Å². The summed E-state index contributed by atoms with van der Waals surface area (Å²) in [5.74, 6) is 1.87. The van der Waals surface area contributed by atoms with Gasteiger partial charge in [-0.2, -0.15) is 9.36 Å². The molecule has 1 N–H and O–H groups in total. The zero-order chi connectivity index (χ0) is 16.2. The number of nitrogens with zero attached hydrogens (tertiary/aromatic N) is 4. The number of hydrogen-bond donors (Lipinski definition) is 1. The second-order valence-corrected chi connectivity index (χ2v) is 6.63. The third kappa shape index (κ3) is 3.38. The van der Waals surface area contributed by atoms with Crippen molar-refractivity contribution in [3.63, 3.8) is 0 Å². The highest BCUT2D eigenvalue weighted by Gasteiger charge is 2.21. The van der Waals surface area contributed by atoms with Gasteiger partial charge in [0.15, 0.2) is 5.82 Å². The molecule has 3 heterocycles. The average molecular weight is 337 g/mol. The second-order valence-electron chi connectivity index (χ2n) is 5.88. The maximum Gasteiger partial charge on any atom is 0.203 e. The minimum atomic E-state index is 0.446. The monoisotopic (exact) mass is 337 g/mol. The summed E-state index contributed by atoms with van der Waals surface area (Å²) in [5.41, 5.74) is 1.06. The lowest BCUT2D eigenvalue weighted by Crippen LogP contribution is -2.39. The van der Waals surface area contributed by atoms with Gasteiger partial charge in [0.05, 0.1) is 0 Å². The quantitative estimate of drug-likeness (QED) is 0.787. The van der Waals surface area contributed by atoms with Crippen LogP contribution in [0.3, 0.4) is 0 Å². The number of hydrogen-bond acceptors (Lipinski definition) is 6. The molecular weight excluding hydrogens is 318 g/mol. The molecule has 0 atom stereocenters. The van der Waals surface area contributed by atoms with Crippen LogP contribution < -0.4 is 10.2 Å². The van der Waals surface area contributed by atoms with Gasteiger partial charge in [0.1, 0.15) is 5.82 Å². The van der Waals surface area contributed by atoms with E-state index in [0.717, 1.165) is 48.3 Å². The fourth-order valence-corrected chi connectivity index (χ4v) is 3.62. The fourth-order valence-electron chi connectivity index (χ4n) is 2.95. The molecular formula is C18H19N5S. The van der Waals surface area contributed by atoms with Crippen LogP contribution in [0.25, 0.3) is 11.4 Å². The SMILES string of the molecule is c1ccc(-c2nsc(NC3CCN(c4ccccn4)CC3)n2)cc1. The highest BCUT2D eigenvalue weighted by molar-refractivity contribution is 7.09. The number of pyridine rings is 1. The van der Waals surface area contributed by atoms with Crippen LogP contribution in [0.15, 0.2) is 54.7 Å². The summed E-state index contributed by atoms with van der Waals surface area (Å²) in [5, 5.41) is 4.45. The van der Waals surface area contributed by atoms with Gasteiger partial charge >= 0.3 is 0 Å². The van der Waals surface area contributed by atoms with Crippen molar-refractivity contribution in [3.8, 4) is 11.4 Å². The lowest BCUT2D eigenvalue weighted by atomic mass is 10.1. The van der Waals surface area contributed by atoms with Crippen LogP contribution in [0.4, 0.5) is 10.9 Å². The molecule has 0 amide bonds. The molecule has 122 valence electrons. The molecule has 0 radical (unpaired) electrons. The first-order valence-corrected chi connectivity index (χ1v) is 8.97. The Hall–Kier alpha value is -2.47. The number of anilines is 2. The largest absolute Gasteiger partial charge is 0.357 e. The van der Waals surface area contributed by atoms with E-state index in [1.807, 2.05) is 48.7 Å². The number of aromatic nitrogens is 3. The Morgan fingerprint density at radius 3 is 2.54 bits per heavy atom. The van der Waals surface area contributed by atoms with E-state index in [4.69, 9.17) is 0 Å². The first-order valence-electron chi connectivity index (χ1n) is 8.20. The Labute approximate surface area is 145 Å². The predicted octanol–water partition coefficient (Wildman–Crippen LogP) is 3.68. The molecule has 1 saturated heterocycles. The Morgan fingerprint density at radius 2 is 1.79 bits per heavy atom. The van der Waals surface area contributed by atoms with Gasteiger partial charge < -0.3 is 10.2 Å². The summed E-state index contributed by atoms with van der Waals surface area (Å²) in [6.45, 7) is 2.03. The molecule has 1 aliphatic rings. The van der Waals surface area contributed by atoms with E-state index in [-0.39, 0.29) is 0 Å². The van der Waals surface area contributed by atoms with Crippen LogP contribution in [0.1, 0.15) is 12.8 Å². The Balaban J connectivity index is 1.35. The lowest BCUT2D eigenvalue weighted by molar-refractivity contribution is 0.523. The van der Waals surface area contributed by atoms with Gasteiger partial charge in [0.2, 0.25) is 5.13 Å². The van der Waals surface area contributed by atoms with Crippen molar-refractivity contribution in [1.82, 2.24) is 14.3 Å². The predicted molar refractivity (Wildman–Crippen MR) is 98.4 cm³/mol. The fraction of sp³-hybridized carbons (Fsp3) is 0.278. The summed E-state index contributed by atoms with van der Waals surface area (Å²) in [6.07, 6.45) is 4.01. The highest BCUT2D eigenvalue weighted by atomic mass is 32.1. The molecule has 5 nitrogen and oxygen atoms in total. The number of nitrogens with one attached hydrogen (secondary N) is 1. The van der Waals surface area contributed by atoms with Crippen LogP contribution in [-0.2, 0) is 0 Å². The average Bonchev–Trinajstić information content (AvgIpc) is 3.12. The van der Waals surface area contributed by atoms with Gasteiger partial charge in [0.25, 0.3) is 0 Å². The molecule has 3 aromatic rings. The maximum atomic E-state index is 4.62. The summed E-state index contributed by atoms with van der Waals surface area (Å²) < 4.78 is 4.46. The van der Waals surface area contributed by atoms with Gasteiger partial charge in [-0.15, -0.1) is 0 Å². The molecule has 0 aliphatic carbocycles. The van der Waals surface area contributed by atoms with E-state index in [9.17, 15) is 0 Å². The van der Waals surface area contributed by atoms with Crippen molar-refractivity contribution in [3.05, 3.63) is 54.7 Å². The van der Waals surface area contributed by atoms with E-state index in [2.05, 4.69) is 30.6 Å². The van der Waals surface area contributed by atoms with Gasteiger partial charge in [-0.25, -0.2) is 4.98 Å². The molecule has 24 heavy (non-hydrogen) atoms. The van der Waals surface area contributed by atoms with E-state index in [1.54, 1.807) is 0 Å². The lowest BCUT2D eigenvalue weighted by Gasteiger charge is -2.32. The first-order chi connectivity index (χ1) is 11.9. The highest BCUT2D eigenvalue weighted by Crippen LogP contribution is 2.24. The van der Waals surface area contributed by atoms with Crippen molar-refractivity contribution in [2.75, 3.05) is 23.3 Å². The van der Waals surface area contributed by atoms with Crippen LogP contribution in [-0.4, -0.2) is 33.5 Å². The summed E-state index contributed by atoms with van der Waals surface area (Å²) in [7, 11) is 0. The molecule has 1 aliphatic heterocycles. The standard InChI is InChI=1S/C18H19N5S/c1-2-6-14(7-3-1)17-21-18(24-22-17)20-15-9-12-23(13-10-15)16-8-4-5-11-19-16/h1-8,11,15H,9-10,12-13H2,(H,20,21,22). The van der Waals surface area contributed by atoms with Crippen molar-refractivity contribution < 1.29 is 0 Å². The summed E-state index contributed by atoms with van der Waals surface area (Å²) in [6, 6.07) is 16.6. The molecule has 4 rings (SSSR count). The first kappa shape index (κ1) is 15.1.